The van der Waals surface area contributed by atoms with Crippen LogP contribution in [0.3, 0.4) is 0 Å². The Kier molecular flexibility index (Phi) is 7.42. The third-order valence-corrected chi connectivity index (χ3v) is 5.98. The minimum absolute atomic E-state index is 0.213. The summed E-state index contributed by atoms with van der Waals surface area (Å²) in [5.74, 6) is 1.12. The lowest BCUT2D eigenvalue weighted by Gasteiger charge is -2.37. The topological polar surface area (TPSA) is 73.3 Å². The molecular formula is C18H30N6O2S. The minimum Gasteiger partial charge on any atom is -0.378 e. The van der Waals surface area contributed by atoms with Crippen LogP contribution in [-0.4, -0.2) is 97.6 Å². The van der Waals surface area contributed by atoms with E-state index in [1.165, 1.54) is 5.01 Å². The molecule has 0 spiro atoms. The number of guanidine groups is 1. The molecule has 2 aliphatic heterocycles. The zero-order valence-electron chi connectivity index (χ0n) is 16.3. The first-order valence-electron chi connectivity index (χ1n) is 9.66. The molecule has 2 fully saturated rings. The van der Waals surface area contributed by atoms with Crippen molar-refractivity contribution in [2.24, 2.45) is 4.99 Å². The lowest BCUT2D eigenvalue weighted by Crippen LogP contribution is -2.54. The maximum absolute atomic E-state index is 12.4. The second kappa shape index (κ2) is 10.0. The predicted octanol–water partition coefficient (Wildman–Crippen LogP) is 0.257. The Morgan fingerprint density at radius 2 is 1.96 bits per heavy atom. The van der Waals surface area contributed by atoms with Gasteiger partial charge in [-0.2, -0.15) is 0 Å². The predicted molar refractivity (Wildman–Crippen MR) is 107 cm³/mol. The number of morpholine rings is 1. The second-order valence-corrected chi connectivity index (χ2v) is 7.69. The second-order valence-electron chi connectivity index (χ2n) is 6.74. The number of carbonyl (C=O) groups excluding carboxylic acids is 1. The van der Waals surface area contributed by atoms with Crippen LogP contribution in [0.25, 0.3) is 0 Å². The van der Waals surface area contributed by atoms with Gasteiger partial charge in [-0.25, -0.2) is 4.98 Å². The number of amides is 1. The number of aryl methyl sites for hydroxylation is 1. The van der Waals surface area contributed by atoms with Crippen LogP contribution in [0.15, 0.2) is 10.4 Å². The van der Waals surface area contributed by atoms with Crippen molar-refractivity contribution in [2.45, 2.75) is 19.9 Å². The van der Waals surface area contributed by atoms with E-state index < -0.39 is 0 Å². The molecule has 1 amide bonds. The number of nitrogens with zero attached hydrogens (tertiary/aromatic N) is 5. The van der Waals surface area contributed by atoms with Crippen molar-refractivity contribution in [2.75, 3.05) is 66.1 Å². The Morgan fingerprint density at radius 1 is 1.22 bits per heavy atom. The first-order chi connectivity index (χ1) is 13.2. The maximum Gasteiger partial charge on any atom is 0.236 e. The maximum atomic E-state index is 12.4. The molecule has 0 aliphatic carbocycles. The molecule has 2 saturated heterocycles. The van der Waals surface area contributed by atoms with Gasteiger partial charge in [0.15, 0.2) is 5.96 Å². The molecule has 0 aromatic carbocycles. The SMILES string of the molecule is CCc1nc(CNC(=NC)N2CCN(CC(=O)N3CCOCC3)CC2)cs1. The first-order valence-corrected chi connectivity index (χ1v) is 10.5. The van der Waals surface area contributed by atoms with E-state index >= 15 is 0 Å². The number of hydrogen-bond donors (Lipinski definition) is 1. The van der Waals surface area contributed by atoms with Gasteiger partial charge in [-0.3, -0.25) is 14.7 Å². The molecule has 0 bridgehead atoms. The number of nitrogens with one attached hydrogen (secondary N) is 1. The Hall–Kier alpha value is -1.71. The van der Waals surface area contributed by atoms with E-state index in [4.69, 9.17) is 4.74 Å². The average Bonchev–Trinajstić information content (AvgIpc) is 3.18. The molecule has 9 heteroatoms. The van der Waals surface area contributed by atoms with Crippen molar-refractivity contribution in [3.63, 3.8) is 0 Å². The summed E-state index contributed by atoms with van der Waals surface area (Å²) in [7, 11) is 1.81. The fourth-order valence-electron chi connectivity index (χ4n) is 3.32. The average molecular weight is 395 g/mol. The van der Waals surface area contributed by atoms with Crippen molar-refractivity contribution >= 4 is 23.2 Å². The van der Waals surface area contributed by atoms with Crippen LogP contribution in [0.2, 0.25) is 0 Å². The zero-order valence-corrected chi connectivity index (χ0v) is 17.1. The highest BCUT2D eigenvalue weighted by Gasteiger charge is 2.24. The molecule has 8 nitrogen and oxygen atoms in total. The van der Waals surface area contributed by atoms with Gasteiger partial charge in [0.05, 0.1) is 37.0 Å². The molecule has 150 valence electrons. The van der Waals surface area contributed by atoms with E-state index in [0.29, 0.717) is 39.4 Å². The summed E-state index contributed by atoms with van der Waals surface area (Å²) in [5.41, 5.74) is 1.06. The summed E-state index contributed by atoms with van der Waals surface area (Å²) in [6, 6.07) is 0. The van der Waals surface area contributed by atoms with Crippen LogP contribution < -0.4 is 5.32 Å². The summed E-state index contributed by atoms with van der Waals surface area (Å²) in [5, 5.41) is 6.69. The van der Waals surface area contributed by atoms with Gasteiger partial charge in [0.1, 0.15) is 0 Å². The molecule has 0 radical (unpaired) electrons. The van der Waals surface area contributed by atoms with Gasteiger partial charge in [-0.1, -0.05) is 6.92 Å². The van der Waals surface area contributed by atoms with Crippen molar-refractivity contribution in [1.29, 1.82) is 0 Å². The van der Waals surface area contributed by atoms with Crippen molar-refractivity contribution in [3.05, 3.63) is 16.1 Å². The van der Waals surface area contributed by atoms with E-state index in [9.17, 15) is 4.79 Å². The molecule has 1 aromatic rings. The van der Waals surface area contributed by atoms with Gasteiger partial charge in [0.2, 0.25) is 5.91 Å². The van der Waals surface area contributed by atoms with E-state index in [2.05, 4.69) is 37.4 Å². The molecule has 1 aromatic heterocycles. The highest BCUT2D eigenvalue weighted by molar-refractivity contribution is 7.09. The summed E-state index contributed by atoms with van der Waals surface area (Å²) in [6.07, 6.45) is 0.977. The standard InChI is InChI=1S/C18H30N6O2S/c1-3-16-21-15(14-27-16)12-20-18(19-2)24-6-4-22(5-7-24)13-17(25)23-8-10-26-11-9-23/h14H,3-13H2,1-2H3,(H,19,20). The Morgan fingerprint density at radius 3 is 2.59 bits per heavy atom. The lowest BCUT2D eigenvalue weighted by atomic mass is 10.3. The fraction of sp³-hybridized carbons (Fsp3) is 0.722. The smallest absolute Gasteiger partial charge is 0.236 e. The Balaban J connectivity index is 1.42. The molecule has 1 N–H and O–H groups in total. The van der Waals surface area contributed by atoms with E-state index in [-0.39, 0.29) is 5.91 Å². The number of rotatable bonds is 5. The van der Waals surface area contributed by atoms with E-state index in [1.807, 2.05) is 11.9 Å². The number of ether oxygens (including phenoxy) is 1. The molecule has 3 rings (SSSR count). The number of aliphatic imine (C=N–C) groups is 1. The van der Waals surface area contributed by atoms with E-state index in [0.717, 1.165) is 44.3 Å². The number of carbonyl (C=O) groups is 1. The van der Waals surface area contributed by atoms with Gasteiger partial charge >= 0.3 is 0 Å². The zero-order chi connectivity index (χ0) is 19.1. The van der Waals surface area contributed by atoms with Crippen molar-refractivity contribution in [3.8, 4) is 0 Å². The summed E-state index contributed by atoms with van der Waals surface area (Å²) < 4.78 is 5.32. The van der Waals surface area contributed by atoms with Crippen LogP contribution in [0.1, 0.15) is 17.6 Å². The van der Waals surface area contributed by atoms with Crippen LogP contribution in [0.4, 0.5) is 0 Å². The molecule has 3 heterocycles. The number of thiazole rings is 1. The molecule has 27 heavy (non-hydrogen) atoms. The van der Waals surface area contributed by atoms with Gasteiger partial charge in [0, 0.05) is 51.7 Å². The minimum atomic E-state index is 0.213. The first kappa shape index (κ1) is 20.0. The number of piperazine rings is 1. The number of hydrogen-bond acceptors (Lipinski definition) is 6. The van der Waals surface area contributed by atoms with Crippen LogP contribution in [-0.2, 0) is 22.5 Å². The normalized spacial score (nSPS) is 19.4. The van der Waals surface area contributed by atoms with Crippen molar-refractivity contribution < 1.29 is 9.53 Å². The van der Waals surface area contributed by atoms with Crippen LogP contribution in [0, 0.1) is 0 Å². The molecule has 2 aliphatic rings. The third-order valence-electron chi connectivity index (χ3n) is 4.94. The molecule has 0 atom stereocenters. The van der Waals surface area contributed by atoms with Crippen LogP contribution >= 0.6 is 11.3 Å². The van der Waals surface area contributed by atoms with Gasteiger partial charge in [0.25, 0.3) is 0 Å². The molecule has 0 saturated carbocycles. The largest absolute Gasteiger partial charge is 0.378 e. The Labute approximate surface area is 165 Å². The lowest BCUT2D eigenvalue weighted by molar-refractivity contribution is -0.136. The van der Waals surface area contributed by atoms with Gasteiger partial charge in [-0.05, 0) is 6.42 Å². The summed E-state index contributed by atoms with van der Waals surface area (Å²) >= 11 is 1.71. The quantitative estimate of drug-likeness (QED) is 0.570. The highest BCUT2D eigenvalue weighted by atomic mass is 32.1. The van der Waals surface area contributed by atoms with E-state index in [1.54, 1.807) is 11.3 Å². The monoisotopic (exact) mass is 394 g/mol. The Bertz CT molecular complexity index is 636. The van der Waals surface area contributed by atoms with Gasteiger partial charge < -0.3 is 19.9 Å². The molecule has 0 unspecified atom stereocenters. The van der Waals surface area contributed by atoms with Crippen LogP contribution in [0.5, 0.6) is 0 Å². The summed E-state index contributed by atoms with van der Waals surface area (Å²) in [4.78, 5) is 27.8. The summed E-state index contributed by atoms with van der Waals surface area (Å²) in [6.45, 7) is 9.52. The highest BCUT2D eigenvalue weighted by Crippen LogP contribution is 2.10. The number of aromatic nitrogens is 1. The fourth-order valence-corrected chi connectivity index (χ4v) is 4.06. The van der Waals surface area contributed by atoms with Crippen molar-refractivity contribution in [1.82, 2.24) is 25.0 Å². The van der Waals surface area contributed by atoms with Gasteiger partial charge in [-0.15, -0.1) is 11.3 Å². The third kappa shape index (κ3) is 5.63. The molecular weight excluding hydrogens is 364 g/mol.